The summed E-state index contributed by atoms with van der Waals surface area (Å²) in [5.41, 5.74) is 0. The van der Waals surface area contributed by atoms with E-state index in [4.69, 9.17) is 18.9 Å². The van der Waals surface area contributed by atoms with Crippen LogP contribution in [-0.2, 0) is 28.5 Å². The van der Waals surface area contributed by atoms with Gasteiger partial charge in [0.2, 0.25) is 0 Å². The van der Waals surface area contributed by atoms with Crippen LogP contribution in [0.25, 0.3) is 0 Å². The number of hydrogen-bond acceptors (Lipinski definition) is 10. The van der Waals surface area contributed by atoms with Crippen molar-refractivity contribution in [3.8, 4) is 0 Å². The van der Waals surface area contributed by atoms with Crippen molar-refractivity contribution in [2.75, 3.05) is 19.8 Å². The SMILES string of the molecule is CCCCCC/C=C/C=C/CCCCCCCC(=O)O[C@@H](COC(=O)CCCCCCCCCCCCCCCCCCC)CO[C@H]1O[C@@H](CO)[C@@H](O)C(O)C1O. The molecule has 1 fully saturated rings. The first kappa shape index (κ1) is 53.2. The molecular weight excluding hydrogens is 725 g/mol. The largest absolute Gasteiger partial charge is 0.462 e. The lowest BCUT2D eigenvalue weighted by atomic mass is 9.99. The molecule has 1 heterocycles. The third-order valence-corrected chi connectivity index (χ3v) is 10.9. The first-order chi connectivity index (χ1) is 27.8. The quantitative estimate of drug-likeness (QED) is 0.0268. The Morgan fingerprint density at radius 1 is 0.544 bits per heavy atom. The lowest BCUT2D eigenvalue weighted by molar-refractivity contribution is -0.305. The van der Waals surface area contributed by atoms with Crippen molar-refractivity contribution in [3.63, 3.8) is 0 Å². The fraction of sp³-hybridized carbons (Fsp3) is 0.872. The molecule has 6 atom stereocenters. The number of carbonyl (C=O) groups is 2. The Bertz CT molecular complexity index is 985. The third kappa shape index (κ3) is 30.0. The highest BCUT2D eigenvalue weighted by Gasteiger charge is 2.44. The van der Waals surface area contributed by atoms with Crippen LogP contribution in [0.4, 0.5) is 0 Å². The van der Waals surface area contributed by atoms with Crippen LogP contribution in [0.15, 0.2) is 24.3 Å². The molecule has 0 spiro atoms. The van der Waals surface area contributed by atoms with Crippen LogP contribution in [-0.4, -0.2) is 89.0 Å². The summed E-state index contributed by atoms with van der Waals surface area (Å²) in [6, 6.07) is 0. The van der Waals surface area contributed by atoms with Crippen LogP contribution in [0, 0.1) is 0 Å². The van der Waals surface area contributed by atoms with Gasteiger partial charge in [0.05, 0.1) is 13.2 Å². The molecule has 10 heteroatoms. The third-order valence-electron chi connectivity index (χ3n) is 10.9. The number of ether oxygens (including phenoxy) is 4. The van der Waals surface area contributed by atoms with Gasteiger partial charge in [-0.1, -0.05) is 179 Å². The van der Waals surface area contributed by atoms with E-state index < -0.39 is 49.4 Å². The first-order valence-corrected chi connectivity index (χ1v) is 23.4. The zero-order valence-electron chi connectivity index (χ0n) is 36.3. The fourth-order valence-corrected chi connectivity index (χ4v) is 7.12. The van der Waals surface area contributed by atoms with E-state index in [9.17, 15) is 30.0 Å². The number of unbranched alkanes of at least 4 members (excludes halogenated alkanes) is 25. The van der Waals surface area contributed by atoms with Crippen LogP contribution in [0.1, 0.15) is 206 Å². The maximum absolute atomic E-state index is 12.8. The van der Waals surface area contributed by atoms with E-state index in [1.54, 1.807) is 0 Å². The second kappa shape index (κ2) is 38.4. The maximum atomic E-state index is 12.8. The highest BCUT2D eigenvalue weighted by Crippen LogP contribution is 2.23. The highest BCUT2D eigenvalue weighted by atomic mass is 16.7. The Morgan fingerprint density at radius 3 is 1.44 bits per heavy atom. The minimum absolute atomic E-state index is 0.215. The Labute approximate surface area is 347 Å². The van der Waals surface area contributed by atoms with Gasteiger partial charge in [-0.25, -0.2) is 0 Å². The Balaban J connectivity index is 2.31. The van der Waals surface area contributed by atoms with Crippen molar-refractivity contribution in [2.24, 2.45) is 0 Å². The number of allylic oxidation sites excluding steroid dienone is 4. The molecule has 4 N–H and O–H groups in total. The van der Waals surface area contributed by atoms with Crippen molar-refractivity contribution in [1.29, 1.82) is 0 Å². The number of rotatable bonds is 39. The summed E-state index contributed by atoms with van der Waals surface area (Å²) in [5.74, 6) is -0.816. The predicted octanol–water partition coefficient (Wildman–Crippen LogP) is 10.1. The van der Waals surface area contributed by atoms with E-state index in [2.05, 4.69) is 38.2 Å². The molecule has 0 saturated carbocycles. The van der Waals surface area contributed by atoms with Crippen LogP contribution >= 0.6 is 0 Å². The van der Waals surface area contributed by atoms with Crippen molar-refractivity contribution in [1.82, 2.24) is 0 Å². The highest BCUT2D eigenvalue weighted by molar-refractivity contribution is 5.70. The van der Waals surface area contributed by atoms with E-state index in [1.807, 2.05) is 0 Å². The zero-order chi connectivity index (χ0) is 41.6. The number of esters is 2. The number of carbonyl (C=O) groups excluding carboxylic acids is 2. The molecule has 0 aliphatic carbocycles. The molecule has 334 valence electrons. The Hall–Kier alpha value is -1.82. The monoisotopic (exact) mass is 811 g/mol. The lowest BCUT2D eigenvalue weighted by Crippen LogP contribution is -2.59. The van der Waals surface area contributed by atoms with Gasteiger partial charge in [0.1, 0.15) is 31.0 Å². The molecule has 0 radical (unpaired) electrons. The van der Waals surface area contributed by atoms with Gasteiger partial charge in [0.15, 0.2) is 12.4 Å². The molecule has 0 aromatic rings. The molecule has 1 rings (SSSR count). The average molecular weight is 811 g/mol. The molecule has 0 amide bonds. The lowest BCUT2D eigenvalue weighted by Gasteiger charge is -2.39. The molecular formula is C47H86O10. The van der Waals surface area contributed by atoms with Gasteiger partial charge in [-0.3, -0.25) is 9.59 Å². The number of aliphatic hydroxyl groups is 4. The molecule has 0 aromatic carbocycles. The van der Waals surface area contributed by atoms with Gasteiger partial charge in [-0.15, -0.1) is 0 Å². The van der Waals surface area contributed by atoms with E-state index in [0.29, 0.717) is 6.42 Å². The minimum atomic E-state index is -1.60. The normalized spacial score (nSPS) is 20.4. The minimum Gasteiger partial charge on any atom is -0.462 e. The number of hydrogen-bond donors (Lipinski definition) is 4. The van der Waals surface area contributed by atoms with Crippen molar-refractivity contribution < 1.29 is 49.0 Å². The molecule has 10 nitrogen and oxygen atoms in total. The molecule has 2 unspecified atom stereocenters. The summed E-state index contributed by atoms with van der Waals surface area (Å²) in [6.45, 7) is 3.41. The van der Waals surface area contributed by atoms with Crippen molar-refractivity contribution in [3.05, 3.63) is 24.3 Å². The molecule has 1 aliphatic heterocycles. The molecule has 1 aliphatic rings. The smallest absolute Gasteiger partial charge is 0.306 e. The van der Waals surface area contributed by atoms with Crippen molar-refractivity contribution >= 4 is 11.9 Å². The van der Waals surface area contributed by atoms with E-state index >= 15 is 0 Å². The van der Waals surface area contributed by atoms with Gasteiger partial charge in [0.25, 0.3) is 0 Å². The van der Waals surface area contributed by atoms with Gasteiger partial charge < -0.3 is 39.4 Å². The fourth-order valence-electron chi connectivity index (χ4n) is 7.12. The Kier molecular flexibility index (Phi) is 35.8. The summed E-state index contributed by atoms with van der Waals surface area (Å²) in [7, 11) is 0. The summed E-state index contributed by atoms with van der Waals surface area (Å²) >= 11 is 0. The van der Waals surface area contributed by atoms with Gasteiger partial charge in [-0.05, 0) is 38.5 Å². The molecule has 0 aromatic heterocycles. The second-order valence-corrected chi connectivity index (χ2v) is 16.2. The second-order valence-electron chi connectivity index (χ2n) is 16.2. The van der Waals surface area contributed by atoms with E-state index in [1.165, 1.54) is 116 Å². The predicted molar refractivity (Wildman–Crippen MR) is 229 cm³/mol. The average Bonchev–Trinajstić information content (AvgIpc) is 3.21. The van der Waals surface area contributed by atoms with Gasteiger partial charge >= 0.3 is 11.9 Å². The zero-order valence-corrected chi connectivity index (χ0v) is 36.3. The molecule has 0 bridgehead atoms. The summed E-state index contributed by atoms with van der Waals surface area (Å²) < 4.78 is 22.2. The molecule has 57 heavy (non-hydrogen) atoms. The van der Waals surface area contributed by atoms with Crippen molar-refractivity contribution in [2.45, 2.75) is 243 Å². The topological polar surface area (TPSA) is 152 Å². The Morgan fingerprint density at radius 2 is 0.965 bits per heavy atom. The van der Waals surface area contributed by atoms with Crippen LogP contribution in [0.5, 0.6) is 0 Å². The van der Waals surface area contributed by atoms with Gasteiger partial charge in [0, 0.05) is 12.8 Å². The maximum Gasteiger partial charge on any atom is 0.306 e. The first-order valence-electron chi connectivity index (χ1n) is 23.4. The summed E-state index contributed by atoms with van der Waals surface area (Å²) in [5, 5.41) is 40.1. The van der Waals surface area contributed by atoms with Gasteiger partial charge in [-0.2, -0.15) is 0 Å². The van der Waals surface area contributed by atoms with Crippen LogP contribution in [0.3, 0.4) is 0 Å². The van der Waals surface area contributed by atoms with Crippen LogP contribution < -0.4 is 0 Å². The van der Waals surface area contributed by atoms with E-state index in [0.717, 1.165) is 57.8 Å². The summed E-state index contributed by atoms with van der Waals surface area (Å²) in [6.07, 6.45) is 34.6. The van der Waals surface area contributed by atoms with E-state index in [-0.39, 0.29) is 32.0 Å². The number of aliphatic hydroxyl groups excluding tert-OH is 4. The van der Waals surface area contributed by atoms with Crippen LogP contribution in [0.2, 0.25) is 0 Å². The standard InChI is InChI=1S/C47H86O10/c1-3-5-7-9-11-13-15-17-19-20-22-23-25-27-29-31-33-35-42(49)54-38-40(39-55-47-46(53)45(52)44(51)41(37-48)57-47)56-43(50)36-34-32-30-28-26-24-21-18-16-14-12-10-8-6-4-2/h14,16,18,21,40-41,44-48,51-53H,3-13,15,17,19-20,22-39H2,1-2H3/b16-14+,21-18+/t40-,41-,44+,45?,46?,47-/m0/s1. The molecule has 1 saturated heterocycles. The summed E-state index contributed by atoms with van der Waals surface area (Å²) in [4.78, 5) is 25.3.